The fraction of sp³-hybridized carbons (Fsp3) is 0.571. The van der Waals surface area contributed by atoms with E-state index in [1.165, 1.54) is 0 Å². The summed E-state index contributed by atoms with van der Waals surface area (Å²) in [4.78, 5) is 0.320. The molecule has 4 nitrogen and oxygen atoms in total. The molecule has 1 aliphatic carbocycles. The second-order valence-electron chi connectivity index (χ2n) is 5.80. The first kappa shape index (κ1) is 14.3. The molecule has 0 radical (unpaired) electrons. The maximum atomic E-state index is 12.5. The summed E-state index contributed by atoms with van der Waals surface area (Å²) in [5.74, 6) is 0. The van der Waals surface area contributed by atoms with Crippen LogP contribution in [-0.4, -0.2) is 21.5 Å². The molecular formula is C14H22N2O2S. The predicted octanol–water partition coefficient (Wildman–Crippen LogP) is 2.59. The molecule has 1 aromatic carbocycles. The van der Waals surface area contributed by atoms with Crippen LogP contribution >= 0.6 is 0 Å². The van der Waals surface area contributed by atoms with Crippen molar-refractivity contribution in [3.05, 3.63) is 24.3 Å². The molecular weight excluding hydrogens is 260 g/mol. The van der Waals surface area contributed by atoms with E-state index in [1.54, 1.807) is 25.2 Å². The van der Waals surface area contributed by atoms with Gasteiger partial charge in [0.2, 0.25) is 10.0 Å². The number of para-hydroxylation sites is 1. The molecule has 1 atom stereocenters. The highest BCUT2D eigenvalue weighted by Crippen LogP contribution is 2.38. The molecule has 19 heavy (non-hydrogen) atoms. The minimum atomic E-state index is -3.47. The first-order valence-corrected chi connectivity index (χ1v) is 8.14. The molecule has 0 aromatic heterocycles. The van der Waals surface area contributed by atoms with E-state index in [0.717, 1.165) is 19.3 Å². The average Bonchev–Trinajstić information content (AvgIpc) is 2.68. The van der Waals surface area contributed by atoms with E-state index in [9.17, 15) is 8.42 Å². The van der Waals surface area contributed by atoms with E-state index >= 15 is 0 Å². The first-order valence-electron chi connectivity index (χ1n) is 6.66. The molecule has 0 aliphatic heterocycles. The second kappa shape index (κ2) is 5.13. The summed E-state index contributed by atoms with van der Waals surface area (Å²) in [5, 5.41) is 2.93. The van der Waals surface area contributed by atoms with Crippen LogP contribution < -0.4 is 10.0 Å². The fourth-order valence-electron chi connectivity index (χ4n) is 2.70. The lowest BCUT2D eigenvalue weighted by Crippen LogP contribution is -2.41. The van der Waals surface area contributed by atoms with Crippen molar-refractivity contribution in [2.75, 3.05) is 12.4 Å². The summed E-state index contributed by atoms with van der Waals surface area (Å²) in [5.41, 5.74) is 0.660. The Morgan fingerprint density at radius 3 is 2.53 bits per heavy atom. The summed E-state index contributed by atoms with van der Waals surface area (Å²) in [6.07, 6.45) is 3.05. The molecule has 0 heterocycles. The van der Waals surface area contributed by atoms with Crippen LogP contribution in [0.2, 0.25) is 0 Å². The topological polar surface area (TPSA) is 58.2 Å². The monoisotopic (exact) mass is 282 g/mol. The number of benzene rings is 1. The van der Waals surface area contributed by atoms with Gasteiger partial charge in [0, 0.05) is 13.1 Å². The van der Waals surface area contributed by atoms with Gasteiger partial charge < -0.3 is 5.32 Å². The van der Waals surface area contributed by atoms with Crippen molar-refractivity contribution in [3.8, 4) is 0 Å². The second-order valence-corrected chi connectivity index (χ2v) is 7.48. The Morgan fingerprint density at radius 1 is 1.26 bits per heavy atom. The lowest BCUT2D eigenvalue weighted by molar-refractivity contribution is 0.313. The lowest BCUT2D eigenvalue weighted by Gasteiger charge is -2.27. The molecule has 0 saturated heterocycles. The molecule has 1 unspecified atom stereocenters. The Balaban J connectivity index is 2.28. The highest BCUT2D eigenvalue weighted by molar-refractivity contribution is 7.89. The summed E-state index contributed by atoms with van der Waals surface area (Å²) in [7, 11) is -1.74. The van der Waals surface area contributed by atoms with Gasteiger partial charge in [0.05, 0.1) is 5.69 Å². The highest BCUT2D eigenvalue weighted by Gasteiger charge is 2.37. The quantitative estimate of drug-likeness (QED) is 0.892. The molecule has 106 valence electrons. The molecule has 1 fully saturated rings. The molecule has 1 saturated carbocycles. The van der Waals surface area contributed by atoms with Gasteiger partial charge >= 0.3 is 0 Å². The summed E-state index contributed by atoms with van der Waals surface area (Å²) >= 11 is 0. The normalized spacial score (nSPS) is 22.4. The van der Waals surface area contributed by atoms with Crippen LogP contribution in [0.5, 0.6) is 0 Å². The van der Waals surface area contributed by atoms with E-state index in [4.69, 9.17) is 0 Å². The van der Waals surface area contributed by atoms with Gasteiger partial charge in [-0.3, -0.25) is 0 Å². The molecule has 1 aromatic rings. The zero-order valence-corrected chi connectivity index (χ0v) is 12.5. The maximum absolute atomic E-state index is 12.5. The minimum absolute atomic E-state index is 0.0161. The summed E-state index contributed by atoms with van der Waals surface area (Å²) < 4.78 is 27.9. The Labute approximate surface area is 115 Å². The lowest BCUT2D eigenvalue weighted by atomic mass is 9.88. The molecule has 1 aliphatic rings. The van der Waals surface area contributed by atoms with Gasteiger partial charge in [-0.1, -0.05) is 32.4 Å². The zero-order chi connectivity index (χ0) is 14.1. The minimum Gasteiger partial charge on any atom is -0.387 e. The zero-order valence-electron chi connectivity index (χ0n) is 11.7. The number of nitrogens with one attached hydrogen (secondary N) is 2. The number of anilines is 1. The van der Waals surface area contributed by atoms with Gasteiger partial charge in [-0.05, 0) is 30.4 Å². The molecule has 2 rings (SSSR count). The van der Waals surface area contributed by atoms with Crippen molar-refractivity contribution in [1.82, 2.24) is 4.72 Å². The van der Waals surface area contributed by atoms with Crippen LogP contribution in [0.25, 0.3) is 0 Å². The smallest absolute Gasteiger partial charge is 0.242 e. The number of sulfonamides is 1. The summed E-state index contributed by atoms with van der Waals surface area (Å²) in [6.45, 7) is 4.24. The highest BCUT2D eigenvalue weighted by atomic mass is 32.2. The maximum Gasteiger partial charge on any atom is 0.242 e. The van der Waals surface area contributed by atoms with E-state index < -0.39 is 10.0 Å². The van der Waals surface area contributed by atoms with Crippen LogP contribution in [0.3, 0.4) is 0 Å². The van der Waals surface area contributed by atoms with Crippen molar-refractivity contribution >= 4 is 15.7 Å². The third-order valence-electron chi connectivity index (χ3n) is 4.00. The Bertz CT molecular complexity index is 552. The molecule has 0 amide bonds. The van der Waals surface area contributed by atoms with Crippen molar-refractivity contribution in [1.29, 1.82) is 0 Å². The van der Waals surface area contributed by atoms with Crippen LogP contribution in [0.15, 0.2) is 29.2 Å². The van der Waals surface area contributed by atoms with Gasteiger partial charge in [-0.25, -0.2) is 13.1 Å². The van der Waals surface area contributed by atoms with Crippen molar-refractivity contribution < 1.29 is 8.42 Å². The summed E-state index contributed by atoms with van der Waals surface area (Å²) in [6, 6.07) is 6.99. The van der Waals surface area contributed by atoms with E-state index in [-0.39, 0.29) is 11.5 Å². The van der Waals surface area contributed by atoms with Gasteiger partial charge in [0.15, 0.2) is 0 Å². The largest absolute Gasteiger partial charge is 0.387 e. The fourth-order valence-corrected chi connectivity index (χ4v) is 4.36. The van der Waals surface area contributed by atoms with Gasteiger partial charge in [-0.2, -0.15) is 0 Å². The molecule has 0 bridgehead atoms. The third kappa shape index (κ3) is 2.92. The van der Waals surface area contributed by atoms with Gasteiger partial charge in [-0.15, -0.1) is 0 Å². The molecule has 2 N–H and O–H groups in total. The SMILES string of the molecule is CNc1ccccc1S(=O)(=O)NC1CCCC1(C)C. The van der Waals surface area contributed by atoms with Crippen LogP contribution in [0, 0.1) is 5.41 Å². The van der Waals surface area contributed by atoms with Crippen molar-refractivity contribution in [2.45, 2.75) is 44.0 Å². The third-order valence-corrected chi connectivity index (χ3v) is 5.53. The van der Waals surface area contributed by atoms with Crippen molar-refractivity contribution in [3.63, 3.8) is 0 Å². The van der Waals surface area contributed by atoms with Crippen LogP contribution in [0.4, 0.5) is 5.69 Å². The first-order chi connectivity index (χ1) is 8.87. The predicted molar refractivity (Wildman–Crippen MR) is 77.7 cm³/mol. The Hall–Kier alpha value is -1.07. The van der Waals surface area contributed by atoms with Crippen LogP contribution in [-0.2, 0) is 10.0 Å². The van der Waals surface area contributed by atoms with E-state index in [1.807, 2.05) is 6.07 Å². The van der Waals surface area contributed by atoms with E-state index in [0.29, 0.717) is 10.6 Å². The standard InChI is InChI=1S/C14H22N2O2S/c1-14(2)10-6-9-13(14)16-19(17,18)12-8-5-4-7-11(12)15-3/h4-5,7-8,13,15-16H,6,9-10H2,1-3H3. The number of hydrogen-bond acceptors (Lipinski definition) is 3. The molecule has 5 heteroatoms. The Kier molecular flexibility index (Phi) is 3.87. The number of hydrogen-bond donors (Lipinski definition) is 2. The van der Waals surface area contributed by atoms with E-state index in [2.05, 4.69) is 23.9 Å². The van der Waals surface area contributed by atoms with Crippen molar-refractivity contribution in [2.24, 2.45) is 5.41 Å². The number of rotatable bonds is 4. The Morgan fingerprint density at radius 2 is 1.95 bits per heavy atom. The van der Waals surface area contributed by atoms with Gasteiger partial charge in [0.25, 0.3) is 0 Å². The van der Waals surface area contributed by atoms with Crippen LogP contribution in [0.1, 0.15) is 33.1 Å². The van der Waals surface area contributed by atoms with Gasteiger partial charge in [0.1, 0.15) is 4.90 Å². The molecule has 0 spiro atoms. The average molecular weight is 282 g/mol.